The van der Waals surface area contributed by atoms with E-state index in [9.17, 15) is 4.79 Å². The number of fused-ring (bicyclic) bond motifs is 1. The third-order valence-electron chi connectivity index (χ3n) is 3.37. The van der Waals surface area contributed by atoms with Gasteiger partial charge in [0.05, 0.1) is 0 Å². The maximum Gasteiger partial charge on any atom is 0.142 e. The predicted octanol–water partition coefficient (Wildman–Crippen LogP) is 3.90. The lowest BCUT2D eigenvalue weighted by atomic mass is 10.1. The van der Waals surface area contributed by atoms with Gasteiger partial charge in [-0.25, -0.2) is 0 Å². The summed E-state index contributed by atoms with van der Waals surface area (Å²) in [7, 11) is 0. The Labute approximate surface area is 118 Å². The number of aromatic nitrogens is 1. The van der Waals surface area contributed by atoms with Gasteiger partial charge in [0.25, 0.3) is 0 Å². The van der Waals surface area contributed by atoms with Gasteiger partial charge >= 0.3 is 0 Å². The fraction of sp³-hybridized carbons (Fsp3) is 0.0556. The second-order valence-corrected chi connectivity index (χ2v) is 4.71. The van der Waals surface area contributed by atoms with E-state index in [0.717, 1.165) is 18.4 Å². The summed E-state index contributed by atoms with van der Waals surface area (Å²) in [4.78, 5) is 10.5. The number of aldehydes is 1. The van der Waals surface area contributed by atoms with Crippen molar-refractivity contribution in [3.8, 4) is 0 Å². The fourth-order valence-electron chi connectivity index (χ4n) is 2.46. The first kappa shape index (κ1) is 12.4. The molecule has 0 unspecified atom stereocenters. The Kier molecular flexibility index (Phi) is 3.46. The molecule has 0 radical (unpaired) electrons. The normalized spacial score (nSPS) is 11.2. The maximum absolute atomic E-state index is 10.5. The van der Waals surface area contributed by atoms with Crippen molar-refractivity contribution in [1.29, 1.82) is 0 Å². The van der Waals surface area contributed by atoms with Gasteiger partial charge in [-0.3, -0.25) is 4.79 Å². The molecular formula is C18H15NO. The first-order valence-corrected chi connectivity index (χ1v) is 6.62. The van der Waals surface area contributed by atoms with E-state index in [1.165, 1.54) is 22.5 Å². The molecule has 2 heteroatoms. The Morgan fingerprint density at radius 3 is 2.50 bits per heavy atom. The van der Waals surface area contributed by atoms with Gasteiger partial charge < -0.3 is 4.57 Å². The molecule has 1 aromatic heterocycles. The lowest BCUT2D eigenvalue weighted by Crippen LogP contribution is -1.97. The average Bonchev–Trinajstić information content (AvgIpc) is 2.85. The highest BCUT2D eigenvalue weighted by atomic mass is 16.1. The van der Waals surface area contributed by atoms with E-state index < -0.39 is 0 Å². The summed E-state index contributed by atoms with van der Waals surface area (Å²) >= 11 is 0. The lowest BCUT2D eigenvalue weighted by molar-refractivity contribution is -0.104. The molecule has 0 bridgehead atoms. The van der Waals surface area contributed by atoms with Gasteiger partial charge in [-0.1, -0.05) is 48.5 Å². The molecule has 0 spiro atoms. The standard InChI is InChI=1S/C18H15NO/c20-12-6-9-16-14-19(13-15-7-2-1-3-8-15)18-11-5-4-10-17(16)18/h1-12,14H,13H2. The summed E-state index contributed by atoms with van der Waals surface area (Å²) in [6.45, 7) is 0.830. The smallest absolute Gasteiger partial charge is 0.142 e. The molecule has 0 aliphatic rings. The van der Waals surface area contributed by atoms with Crippen molar-refractivity contribution in [2.45, 2.75) is 6.54 Å². The van der Waals surface area contributed by atoms with E-state index in [0.29, 0.717) is 0 Å². The van der Waals surface area contributed by atoms with Crippen molar-refractivity contribution in [1.82, 2.24) is 4.57 Å². The van der Waals surface area contributed by atoms with Crippen LogP contribution in [0.2, 0.25) is 0 Å². The van der Waals surface area contributed by atoms with E-state index in [1.807, 2.05) is 36.4 Å². The van der Waals surface area contributed by atoms with Crippen molar-refractivity contribution in [2.24, 2.45) is 0 Å². The molecule has 0 aliphatic heterocycles. The number of benzene rings is 2. The van der Waals surface area contributed by atoms with E-state index in [2.05, 4.69) is 35.0 Å². The van der Waals surface area contributed by atoms with E-state index in [-0.39, 0.29) is 0 Å². The van der Waals surface area contributed by atoms with Crippen LogP contribution in [-0.4, -0.2) is 10.9 Å². The zero-order valence-corrected chi connectivity index (χ0v) is 11.1. The number of rotatable bonds is 4. The summed E-state index contributed by atoms with van der Waals surface area (Å²) < 4.78 is 2.22. The second-order valence-electron chi connectivity index (χ2n) is 4.71. The maximum atomic E-state index is 10.5. The number of allylic oxidation sites excluding steroid dienone is 1. The van der Waals surface area contributed by atoms with Crippen molar-refractivity contribution in [3.63, 3.8) is 0 Å². The summed E-state index contributed by atoms with van der Waals surface area (Å²) in [6, 6.07) is 18.6. The summed E-state index contributed by atoms with van der Waals surface area (Å²) in [6.07, 6.45) is 6.30. The van der Waals surface area contributed by atoms with E-state index >= 15 is 0 Å². The van der Waals surface area contributed by atoms with E-state index in [1.54, 1.807) is 0 Å². The van der Waals surface area contributed by atoms with Crippen molar-refractivity contribution >= 4 is 23.3 Å². The molecule has 20 heavy (non-hydrogen) atoms. The third kappa shape index (κ3) is 2.41. The highest BCUT2D eigenvalue weighted by Gasteiger charge is 2.06. The zero-order chi connectivity index (χ0) is 13.8. The minimum absolute atomic E-state index is 0.809. The molecule has 3 rings (SSSR count). The molecule has 0 fully saturated rings. The summed E-state index contributed by atoms with van der Waals surface area (Å²) in [5.74, 6) is 0. The van der Waals surface area contributed by atoms with Gasteiger partial charge in [0.1, 0.15) is 6.29 Å². The fourth-order valence-corrected chi connectivity index (χ4v) is 2.46. The Morgan fingerprint density at radius 1 is 0.950 bits per heavy atom. The largest absolute Gasteiger partial charge is 0.342 e. The Balaban J connectivity index is 2.07. The molecule has 0 saturated carbocycles. The number of carbonyl (C=O) groups excluding carboxylic acids is 1. The highest BCUT2D eigenvalue weighted by Crippen LogP contribution is 2.23. The van der Waals surface area contributed by atoms with Crippen LogP contribution in [0.5, 0.6) is 0 Å². The molecule has 98 valence electrons. The van der Waals surface area contributed by atoms with Crippen LogP contribution >= 0.6 is 0 Å². The quantitative estimate of drug-likeness (QED) is 0.515. The Hall–Kier alpha value is -2.61. The summed E-state index contributed by atoms with van der Waals surface area (Å²) in [5.41, 5.74) is 3.52. The monoisotopic (exact) mass is 261 g/mol. The van der Waals surface area contributed by atoms with Crippen molar-refractivity contribution in [2.75, 3.05) is 0 Å². The van der Waals surface area contributed by atoms with Crippen LogP contribution in [0.4, 0.5) is 0 Å². The molecule has 3 aromatic rings. The van der Waals surface area contributed by atoms with Gasteiger partial charge in [-0.05, 0) is 23.8 Å². The predicted molar refractivity (Wildman–Crippen MR) is 82.6 cm³/mol. The molecule has 0 aliphatic carbocycles. The lowest BCUT2D eigenvalue weighted by Gasteiger charge is -2.05. The van der Waals surface area contributed by atoms with Crippen LogP contribution < -0.4 is 0 Å². The van der Waals surface area contributed by atoms with Crippen LogP contribution in [0.15, 0.2) is 66.9 Å². The van der Waals surface area contributed by atoms with Crippen LogP contribution in [0.25, 0.3) is 17.0 Å². The third-order valence-corrected chi connectivity index (χ3v) is 3.37. The van der Waals surface area contributed by atoms with Gasteiger partial charge in [-0.2, -0.15) is 0 Å². The molecular weight excluding hydrogens is 246 g/mol. The number of hydrogen-bond acceptors (Lipinski definition) is 1. The van der Waals surface area contributed by atoms with Crippen LogP contribution in [0.3, 0.4) is 0 Å². The van der Waals surface area contributed by atoms with E-state index in [4.69, 9.17) is 0 Å². The first-order valence-electron chi connectivity index (χ1n) is 6.62. The molecule has 2 aromatic carbocycles. The topological polar surface area (TPSA) is 22.0 Å². The molecule has 0 atom stereocenters. The molecule has 0 amide bonds. The van der Waals surface area contributed by atoms with Crippen molar-refractivity contribution in [3.05, 3.63) is 78.0 Å². The molecule has 0 N–H and O–H groups in total. The molecule has 0 saturated heterocycles. The van der Waals surface area contributed by atoms with Crippen molar-refractivity contribution < 1.29 is 4.79 Å². The van der Waals surface area contributed by atoms with Gasteiger partial charge in [0.15, 0.2) is 0 Å². The van der Waals surface area contributed by atoms with Gasteiger partial charge in [-0.15, -0.1) is 0 Å². The van der Waals surface area contributed by atoms with Crippen LogP contribution in [0.1, 0.15) is 11.1 Å². The Bertz CT molecular complexity index is 753. The molecule has 2 nitrogen and oxygen atoms in total. The minimum Gasteiger partial charge on any atom is -0.342 e. The Morgan fingerprint density at radius 2 is 1.70 bits per heavy atom. The number of para-hydroxylation sites is 1. The number of nitrogens with zero attached hydrogens (tertiary/aromatic N) is 1. The average molecular weight is 261 g/mol. The van der Waals surface area contributed by atoms with Crippen LogP contribution in [0, 0.1) is 0 Å². The van der Waals surface area contributed by atoms with Crippen LogP contribution in [-0.2, 0) is 11.3 Å². The highest BCUT2D eigenvalue weighted by molar-refractivity contribution is 5.91. The molecule has 1 heterocycles. The summed E-state index contributed by atoms with van der Waals surface area (Å²) in [5, 5.41) is 1.17. The minimum atomic E-state index is 0.809. The van der Waals surface area contributed by atoms with Gasteiger partial charge in [0, 0.05) is 29.2 Å². The zero-order valence-electron chi connectivity index (χ0n) is 11.1. The second kappa shape index (κ2) is 5.57. The SMILES string of the molecule is O=CC=Cc1cn(Cc2ccccc2)c2ccccc12. The number of hydrogen-bond donors (Lipinski definition) is 0. The first-order chi connectivity index (χ1) is 9.88. The number of carbonyl (C=O) groups is 1. The van der Waals surface area contributed by atoms with Gasteiger partial charge in [0.2, 0.25) is 0 Å².